The Balaban J connectivity index is 2.35. The maximum Gasteiger partial charge on any atom is 0.306 e. The van der Waals surface area contributed by atoms with Gasteiger partial charge >= 0.3 is 5.97 Å². The minimum atomic E-state index is -0.435. The summed E-state index contributed by atoms with van der Waals surface area (Å²) >= 11 is 0. The van der Waals surface area contributed by atoms with Gasteiger partial charge < -0.3 is 20.1 Å². The molecule has 1 aromatic carbocycles. The van der Waals surface area contributed by atoms with Gasteiger partial charge in [0.05, 0.1) is 13.0 Å². The molecule has 0 bridgehead atoms. The van der Waals surface area contributed by atoms with E-state index >= 15 is 0 Å². The molecule has 1 rings (SSSR count). The summed E-state index contributed by atoms with van der Waals surface area (Å²) in [5.74, 6) is -0.464. The Morgan fingerprint density at radius 3 is 2.00 bits per heavy atom. The standard InChI is InChI=1S/C18H26N2O5/c1-13(2)12-17(22)20-15-6-4-14(5-7-15)19-16(21)8-9-18(23)25-11-10-24-3/h4-7,13H,8-12H2,1-3H3,(H,19,21)(H,20,22). The summed E-state index contributed by atoms with van der Waals surface area (Å²) in [5, 5.41) is 5.49. The molecule has 0 saturated carbocycles. The summed E-state index contributed by atoms with van der Waals surface area (Å²) in [6.45, 7) is 4.47. The van der Waals surface area contributed by atoms with E-state index in [-0.39, 0.29) is 31.3 Å². The summed E-state index contributed by atoms with van der Waals surface area (Å²) in [6.07, 6.45) is 0.510. The zero-order valence-electron chi connectivity index (χ0n) is 15.0. The Kier molecular flexibility index (Phi) is 9.24. The molecule has 2 N–H and O–H groups in total. The van der Waals surface area contributed by atoms with Crippen molar-refractivity contribution in [3.8, 4) is 0 Å². The molecule has 25 heavy (non-hydrogen) atoms. The molecule has 0 unspecified atom stereocenters. The number of ether oxygens (including phenoxy) is 2. The van der Waals surface area contributed by atoms with Gasteiger partial charge in [-0.1, -0.05) is 13.8 Å². The Bertz CT molecular complexity index is 569. The maximum atomic E-state index is 11.8. The van der Waals surface area contributed by atoms with E-state index < -0.39 is 5.97 Å². The van der Waals surface area contributed by atoms with Gasteiger partial charge in [-0.25, -0.2) is 0 Å². The highest BCUT2D eigenvalue weighted by molar-refractivity contribution is 5.94. The normalized spacial score (nSPS) is 10.4. The third kappa shape index (κ3) is 9.46. The molecule has 2 amide bonds. The molecule has 0 fully saturated rings. The average molecular weight is 350 g/mol. The number of carbonyl (C=O) groups is 3. The minimum Gasteiger partial charge on any atom is -0.463 e. The van der Waals surface area contributed by atoms with Gasteiger partial charge in [-0.05, 0) is 30.2 Å². The number of hydrogen-bond donors (Lipinski definition) is 2. The zero-order chi connectivity index (χ0) is 18.7. The lowest BCUT2D eigenvalue weighted by atomic mass is 10.1. The number of rotatable bonds is 10. The average Bonchev–Trinajstić information content (AvgIpc) is 2.54. The molecular weight excluding hydrogens is 324 g/mol. The molecule has 0 aromatic heterocycles. The Morgan fingerprint density at radius 1 is 0.920 bits per heavy atom. The predicted molar refractivity (Wildman–Crippen MR) is 95.2 cm³/mol. The topological polar surface area (TPSA) is 93.7 Å². The van der Waals surface area contributed by atoms with E-state index in [1.54, 1.807) is 24.3 Å². The molecule has 0 radical (unpaired) electrons. The quantitative estimate of drug-likeness (QED) is 0.500. The number of esters is 1. The van der Waals surface area contributed by atoms with E-state index in [1.807, 2.05) is 13.8 Å². The van der Waals surface area contributed by atoms with Crippen LogP contribution in [0.3, 0.4) is 0 Å². The van der Waals surface area contributed by atoms with Crippen molar-refractivity contribution in [2.45, 2.75) is 33.1 Å². The Morgan fingerprint density at radius 2 is 1.48 bits per heavy atom. The second-order valence-electron chi connectivity index (χ2n) is 5.98. The van der Waals surface area contributed by atoms with Gasteiger partial charge in [0.15, 0.2) is 0 Å². The van der Waals surface area contributed by atoms with E-state index in [2.05, 4.69) is 10.6 Å². The van der Waals surface area contributed by atoms with Crippen molar-refractivity contribution < 1.29 is 23.9 Å². The van der Waals surface area contributed by atoms with Crippen LogP contribution >= 0.6 is 0 Å². The lowest BCUT2D eigenvalue weighted by molar-refractivity contribution is -0.145. The lowest BCUT2D eigenvalue weighted by Crippen LogP contribution is -2.16. The molecule has 0 saturated heterocycles. The number of methoxy groups -OCH3 is 1. The van der Waals surface area contributed by atoms with Crippen LogP contribution in [0.1, 0.15) is 33.1 Å². The van der Waals surface area contributed by atoms with Crippen LogP contribution in [0.15, 0.2) is 24.3 Å². The van der Waals surface area contributed by atoms with Gasteiger partial charge in [0.2, 0.25) is 11.8 Å². The van der Waals surface area contributed by atoms with Crippen LogP contribution in [0.2, 0.25) is 0 Å². The van der Waals surface area contributed by atoms with Crippen molar-refractivity contribution in [3.05, 3.63) is 24.3 Å². The molecule has 7 nitrogen and oxygen atoms in total. The molecule has 1 aromatic rings. The lowest BCUT2D eigenvalue weighted by Gasteiger charge is -2.09. The summed E-state index contributed by atoms with van der Waals surface area (Å²) < 4.78 is 9.65. The molecule has 0 aliphatic heterocycles. The van der Waals surface area contributed by atoms with Crippen molar-refractivity contribution in [2.24, 2.45) is 5.92 Å². The predicted octanol–water partition coefficient (Wildman–Crippen LogP) is 2.58. The van der Waals surface area contributed by atoms with Crippen LogP contribution in [0.4, 0.5) is 11.4 Å². The minimum absolute atomic E-state index is 0.0128. The maximum absolute atomic E-state index is 11.8. The van der Waals surface area contributed by atoms with Crippen LogP contribution in [0.25, 0.3) is 0 Å². The van der Waals surface area contributed by atoms with Gasteiger partial charge in [0, 0.05) is 31.3 Å². The van der Waals surface area contributed by atoms with Crippen molar-refractivity contribution in [3.63, 3.8) is 0 Å². The van der Waals surface area contributed by atoms with Crippen LogP contribution in [0, 0.1) is 5.92 Å². The zero-order valence-corrected chi connectivity index (χ0v) is 15.0. The van der Waals surface area contributed by atoms with Crippen molar-refractivity contribution in [1.29, 1.82) is 0 Å². The fourth-order valence-corrected chi connectivity index (χ4v) is 1.97. The third-order valence-electron chi connectivity index (χ3n) is 3.15. The molecule has 138 valence electrons. The van der Waals surface area contributed by atoms with E-state index in [4.69, 9.17) is 9.47 Å². The van der Waals surface area contributed by atoms with E-state index in [1.165, 1.54) is 7.11 Å². The SMILES string of the molecule is COCCOC(=O)CCC(=O)Nc1ccc(NC(=O)CC(C)C)cc1. The molecule has 0 aliphatic rings. The molecule has 7 heteroatoms. The van der Waals surface area contributed by atoms with Gasteiger partial charge in [-0.2, -0.15) is 0 Å². The number of nitrogens with one attached hydrogen (secondary N) is 2. The molecular formula is C18H26N2O5. The van der Waals surface area contributed by atoms with Gasteiger partial charge in [0.1, 0.15) is 6.61 Å². The van der Waals surface area contributed by atoms with E-state index in [0.717, 1.165) is 0 Å². The van der Waals surface area contributed by atoms with E-state index in [0.29, 0.717) is 30.3 Å². The van der Waals surface area contributed by atoms with Gasteiger partial charge in [0.25, 0.3) is 0 Å². The first kappa shape index (κ1) is 20.6. The molecule has 0 spiro atoms. The highest BCUT2D eigenvalue weighted by atomic mass is 16.6. The number of anilines is 2. The van der Waals surface area contributed by atoms with Crippen LogP contribution < -0.4 is 10.6 Å². The van der Waals surface area contributed by atoms with Crippen LogP contribution in [-0.2, 0) is 23.9 Å². The first-order valence-corrected chi connectivity index (χ1v) is 8.25. The monoisotopic (exact) mass is 350 g/mol. The number of amides is 2. The Hall–Kier alpha value is -2.41. The van der Waals surface area contributed by atoms with Crippen LogP contribution in [-0.4, -0.2) is 38.1 Å². The van der Waals surface area contributed by atoms with Gasteiger partial charge in [-0.3, -0.25) is 14.4 Å². The highest BCUT2D eigenvalue weighted by Gasteiger charge is 2.09. The number of benzene rings is 1. The first-order chi connectivity index (χ1) is 11.9. The second-order valence-corrected chi connectivity index (χ2v) is 5.98. The molecule has 0 aliphatic carbocycles. The molecule has 0 heterocycles. The number of carbonyl (C=O) groups excluding carboxylic acids is 3. The molecule has 0 atom stereocenters. The largest absolute Gasteiger partial charge is 0.463 e. The highest BCUT2D eigenvalue weighted by Crippen LogP contribution is 2.15. The second kappa shape index (κ2) is 11.2. The first-order valence-electron chi connectivity index (χ1n) is 8.25. The van der Waals surface area contributed by atoms with Gasteiger partial charge in [-0.15, -0.1) is 0 Å². The summed E-state index contributed by atoms with van der Waals surface area (Å²) in [4.78, 5) is 34.9. The van der Waals surface area contributed by atoms with Crippen molar-refractivity contribution in [2.75, 3.05) is 31.0 Å². The summed E-state index contributed by atoms with van der Waals surface area (Å²) in [5.41, 5.74) is 1.27. The third-order valence-corrected chi connectivity index (χ3v) is 3.15. The number of hydrogen-bond acceptors (Lipinski definition) is 5. The Labute approximate surface area is 148 Å². The summed E-state index contributed by atoms with van der Waals surface area (Å²) in [7, 11) is 1.52. The smallest absolute Gasteiger partial charge is 0.306 e. The summed E-state index contributed by atoms with van der Waals surface area (Å²) in [6, 6.07) is 6.82. The van der Waals surface area contributed by atoms with Crippen molar-refractivity contribution >= 4 is 29.2 Å². The fraction of sp³-hybridized carbons (Fsp3) is 0.500. The van der Waals surface area contributed by atoms with Crippen LogP contribution in [0.5, 0.6) is 0 Å². The fourth-order valence-electron chi connectivity index (χ4n) is 1.97. The van der Waals surface area contributed by atoms with Crippen molar-refractivity contribution in [1.82, 2.24) is 0 Å². The van der Waals surface area contributed by atoms with E-state index in [9.17, 15) is 14.4 Å².